The van der Waals surface area contributed by atoms with Gasteiger partial charge in [-0.3, -0.25) is 0 Å². The van der Waals surface area contributed by atoms with Crippen molar-refractivity contribution >= 4 is 0 Å². The van der Waals surface area contributed by atoms with E-state index in [1.54, 1.807) is 6.07 Å². The number of aliphatic hydroxyl groups excluding tert-OH is 1. The Morgan fingerprint density at radius 1 is 1.82 bits per heavy atom. The smallest absolute Gasteiger partial charge is 0.101 e. The molecule has 58 valence electrons. The molecule has 1 unspecified atom stereocenters. The van der Waals surface area contributed by atoms with Gasteiger partial charge in [-0.15, -0.1) is 12.3 Å². The number of hydrogen-bond donors (Lipinski definition) is 1. The Kier molecular flexibility index (Phi) is 2.35. The monoisotopic (exact) mass is 150 g/mol. The van der Waals surface area contributed by atoms with Crippen LogP contribution in [0.15, 0.2) is 16.7 Å². The van der Waals surface area contributed by atoms with Crippen LogP contribution in [0.5, 0.6) is 0 Å². The fourth-order valence-electron chi connectivity index (χ4n) is 0.868. The first kappa shape index (κ1) is 7.90. The van der Waals surface area contributed by atoms with Gasteiger partial charge in [0.1, 0.15) is 5.76 Å². The molecule has 0 saturated carbocycles. The SMILES string of the molecule is C#CCC(O)c1coc(C)c1. The Morgan fingerprint density at radius 2 is 2.55 bits per heavy atom. The molecular formula is C9H10O2. The average Bonchev–Trinajstić information content (AvgIpc) is 2.36. The Hall–Kier alpha value is -1.20. The average molecular weight is 150 g/mol. The maximum atomic E-state index is 9.33. The summed E-state index contributed by atoms with van der Waals surface area (Å²) in [5.41, 5.74) is 0.750. The van der Waals surface area contributed by atoms with Gasteiger partial charge in [0.25, 0.3) is 0 Å². The number of aliphatic hydroxyl groups is 1. The van der Waals surface area contributed by atoms with E-state index >= 15 is 0 Å². The lowest BCUT2D eigenvalue weighted by molar-refractivity contribution is 0.183. The number of rotatable bonds is 2. The van der Waals surface area contributed by atoms with Crippen LogP contribution in [0.1, 0.15) is 23.8 Å². The van der Waals surface area contributed by atoms with Gasteiger partial charge in [0.05, 0.1) is 12.4 Å². The summed E-state index contributed by atoms with van der Waals surface area (Å²) in [5.74, 6) is 3.17. The van der Waals surface area contributed by atoms with Gasteiger partial charge in [0.15, 0.2) is 0 Å². The summed E-state index contributed by atoms with van der Waals surface area (Å²) in [5, 5.41) is 9.33. The molecule has 1 aromatic rings. The van der Waals surface area contributed by atoms with Gasteiger partial charge in [-0.2, -0.15) is 0 Å². The maximum absolute atomic E-state index is 9.33. The van der Waals surface area contributed by atoms with Crippen molar-refractivity contribution in [3.63, 3.8) is 0 Å². The maximum Gasteiger partial charge on any atom is 0.101 e. The van der Waals surface area contributed by atoms with Crippen LogP contribution in [0.2, 0.25) is 0 Å². The van der Waals surface area contributed by atoms with E-state index in [0.29, 0.717) is 6.42 Å². The van der Waals surface area contributed by atoms with E-state index in [4.69, 9.17) is 10.8 Å². The molecule has 2 nitrogen and oxygen atoms in total. The van der Waals surface area contributed by atoms with E-state index in [1.807, 2.05) is 6.92 Å². The summed E-state index contributed by atoms with van der Waals surface area (Å²) < 4.78 is 5.00. The molecule has 1 heterocycles. The van der Waals surface area contributed by atoms with E-state index in [0.717, 1.165) is 11.3 Å². The molecule has 0 fully saturated rings. The number of hydrogen-bond acceptors (Lipinski definition) is 2. The first-order chi connectivity index (χ1) is 5.24. The second kappa shape index (κ2) is 3.27. The second-order valence-electron chi connectivity index (χ2n) is 2.41. The largest absolute Gasteiger partial charge is 0.469 e. The molecule has 0 bridgehead atoms. The quantitative estimate of drug-likeness (QED) is 0.650. The van der Waals surface area contributed by atoms with Crippen molar-refractivity contribution < 1.29 is 9.52 Å². The topological polar surface area (TPSA) is 33.4 Å². The minimum Gasteiger partial charge on any atom is -0.469 e. The zero-order valence-electron chi connectivity index (χ0n) is 6.37. The van der Waals surface area contributed by atoms with Crippen LogP contribution in [-0.4, -0.2) is 5.11 Å². The number of terminal acetylenes is 1. The molecule has 1 atom stereocenters. The van der Waals surface area contributed by atoms with Crippen molar-refractivity contribution in [2.75, 3.05) is 0 Å². The predicted molar refractivity (Wildman–Crippen MR) is 41.9 cm³/mol. The summed E-state index contributed by atoms with van der Waals surface area (Å²) in [7, 11) is 0. The molecule has 0 aliphatic rings. The standard InChI is InChI=1S/C9H10O2/c1-3-4-9(10)8-5-7(2)11-6-8/h1,5-6,9-10H,4H2,2H3. The fraction of sp³-hybridized carbons (Fsp3) is 0.333. The minimum absolute atomic E-state index is 0.332. The minimum atomic E-state index is -0.586. The van der Waals surface area contributed by atoms with Crippen LogP contribution in [0, 0.1) is 19.3 Å². The van der Waals surface area contributed by atoms with Crippen LogP contribution >= 0.6 is 0 Å². The van der Waals surface area contributed by atoms with Crippen LogP contribution in [0.3, 0.4) is 0 Å². The molecular weight excluding hydrogens is 140 g/mol. The highest BCUT2D eigenvalue weighted by Crippen LogP contribution is 2.17. The first-order valence-corrected chi connectivity index (χ1v) is 3.40. The molecule has 1 aromatic heterocycles. The number of furan rings is 1. The van der Waals surface area contributed by atoms with Gasteiger partial charge in [-0.25, -0.2) is 0 Å². The molecule has 0 aromatic carbocycles. The van der Waals surface area contributed by atoms with Crippen molar-refractivity contribution in [3.8, 4) is 12.3 Å². The third-order valence-corrected chi connectivity index (χ3v) is 1.45. The third kappa shape index (κ3) is 1.86. The van der Waals surface area contributed by atoms with Gasteiger partial charge < -0.3 is 9.52 Å². The molecule has 11 heavy (non-hydrogen) atoms. The van der Waals surface area contributed by atoms with Crippen molar-refractivity contribution in [2.45, 2.75) is 19.4 Å². The van der Waals surface area contributed by atoms with Gasteiger partial charge in [0, 0.05) is 12.0 Å². The van der Waals surface area contributed by atoms with E-state index < -0.39 is 6.10 Å². The zero-order chi connectivity index (χ0) is 8.27. The summed E-state index contributed by atoms with van der Waals surface area (Å²) in [6.07, 6.45) is 6.30. The summed E-state index contributed by atoms with van der Waals surface area (Å²) >= 11 is 0. The Balaban J connectivity index is 2.70. The Bertz CT molecular complexity index is 267. The molecule has 0 saturated heterocycles. The van der Waals surface area contributed by atoms with Gasteiger partial charge in [0.2, 0.25) is 0 Å². The lowest BCUT2D eigenvalue weighted by Crippen LogP contribution is -1.92. The molecule has 0 spiro atoms. The van der Waals surface area contributed by atoms with E-state index in [9.17, 15) is 5.11 Å². The predicted octanol–water partition coefficient (Wildman–Crippen LogP) is 1.64. The van der Waals surface area contributed by atoms with E-state index in [2.05, 4.69) is 5.92 Å². The van der Waals surface area contributed by atoms with Gasteiger partial charge in [-0.05, 0) is 13.0 Å². The molecule has 0 amide bonds. The summed E-state index contributed by atoms with van der Waals surface area (Å²) in [4.78, 5) is 0. The Morgan fingerprint density at radius 3 is 3.00 bits per heavy atom. The molecule has 2 heteroatoms. The lowest BCUT2D eigenvalue weighted by Gasteiger charge is -2.00. The van der Waals surface area contributed by atoms with Crippen molar-refractivity contribution in [1.29, 1.82) is 0 Å². The Labute approximate surface area is 65.8 Å². The van der Waals surface area contributed by atoms with Crippen LogP contribution in [0.4, 0.5) is 0 Å². The van der Waals surface area contributed by atoms with E-state index in [1.165, 1.54) is 6.26 Å². The van der Waals surface area contributed by atoms with Gasteiger partial charge >= 0.3 is 0 Å². The fourth-order valence-corrected chi connectivity index (χ4v) is 0.868. The summed E-state index contributed by atoms with van der Waals surface area (Å²) in [6.45, 7) is 1.83. The van der Waals surface area contributed by atoms with Crippen molar-refractivity contribution in [3.05, 3.63) is 23.7 Å². The lowest BCUT2D eigenvalue weighted by atomic mass is 10.1. The van der Waals surface area contributed by atoms with Crippen molar-refractivity contribution in [2.24, 2.45) is 0 Å². The normalized spacial score (nSPS) is 12.5. The second-order valence-corrected chi connectivity index (χ2v) is 2.41. The zero-order valence-corrected chi connectivity index (χ0v) is 6.37. The number of aryl methyl sites for hydroxylation is 1. The third-order valence-electron chi connectivity index (χ3n) is 1.45. The highest BCUT2D eigenvalue weighted by molar-refractivity contribution is 5.16. The highest BCUT2D eigenvalue weighted by atomic mass is 16.3. The van der Waals surface area contributed by atoms with Gasteiger partial charge in [-0.1, -0.05) is 0 Å². The van der Waals surface area contributed by atoms with Crippen LogP contribution < -0.4 is 0 Å². The first-order valence-electron chi connectivity index (χ1n) is 3.40. The molecule has 0 radical (unpaired) electrons. The highest BCUT2D eigenvalue weighted by Gasteiger charge is 2.07. The molecule has 0 aliphatic carbocycles. The summed E-state index contributed by atoms with van der Waals surface area (Å²) in [6, 6.07) is 1.78. The van der Waals surface area contributed by atoms with Crippen molar-refractivity contribution in [1.82, 2.24) is 0 Å². The van der Waals surface area contributed by atoms with E-state index in [-0.39, 0.29) is 0 Å². The molecule has 0 aliphatic heterocycles. The molecule has 1 rings (SSSR count). The molecule has 1 N–H and O–H groups in total. The van der Waals surface area contributed by atoms with Crippen LogP contribution in [-0.2, 0) is 0 Å². The van der Waals surface area contributed by atoms with Crippen LogP contribution in [0.25, 0.3) is 0 Å².